The van der Waals surface area contributed by atoms with Gasteiger partial charge in [-0.1, -0.05) is 114 Å². The number of nitrogens with zero attached hydrogens (tertiary/aromatic N) is 1. The number of hydrogen-bond donors (Lipinski definition) is 2. The van der Waals surface area contributed by atoms with Gasteiger partial charge in [0.15, 0.2) is 0 Å². The van der Waals surface area contributed by atoms with Crippen molar-refractivity contribution in [3.63, 3.8) is 0 Å². The molecule has 45 heavy (non-hydrogen) atoms. The Bertz CT molecular complexity index is 1460. The minimum absolute atomic E-state index is 0.272. The summed E-state index contributed by atoms with van der Waals surface area (Å²) < 4.78 is 0. The number of thioether (sulfide) groups is 1. The molecular weight excluding hydrogens is 585 g/mol. The van der Waals surface area contributed by atoms with Gasteiger partial charge >= 0.3 is 0 Å². The van der Waals surface area contributed by atoms with Gasteiger partial charge in [0.1, 0.15) is 0 Å². The van der Waals surface area contributed by atoms with Gasteiger partial charge in [-0.2, -0.15) is 12.6 Å². The predicted octanol–water partition coefficient (Wildman–Crippen LogP) is 11.3. The fourth-order valence-electron chi connectivity index (χ4n) is 6.38. The molecule has 0 amide bonds. The van der Waals surface area contributed by atoms with E-state index in [-0.39, 0.29) is 5.41 Å². The van der Waals surface area contributed by atoms with Crippen LogP contribution >= 0.6 is 24.4 Å². The van der Waals surface area contributed by atoms with Crippen LogP contribution in [0.15, 0.2) is 90.0 Å². The van der Waals surface area contributed by atoms with Crippen molar-refractivity contribution in [1.82, 2.24) is 10.2 Å². The molecule has 4 aromatic rings. The van der Waals surface area contributed by atoms with Crippen LogP contribution in [-0.2, 0) is 19.5 Å². The molecule has 1 N–H and O–H groups in total. The molecule has 0 bridgehead atoms. The normalized spacial score (nSPS) is 12.7. The summed E-state index contributed by atoms with van der Waals surface area (Å²) in [4.78, 5) is 4.13. The van der Waals surface area contributed by atoms with E-state index in [9.17, 15) is 0 Å². The zero-order valence-electron chi connectivity index (χ0n) is 28.5. The highest BCUT2D eigenvalue weighted by molar-refractivity contribution is 7.99. The van der Waals surface area contributed by atoms with Gasteiger partial charge in [-0.3, -0.25) is 4.90 Å². The van der Waals surface area contributed by atoms with Crippen LogP contribution in [-0.4, -0.2) is 29.5 Å². The van der Waals surface area contributed by atoms with Crippen molar-refractivity contribution in [3.8, 4) is 0 Å². The molecule has 0 fully saturated rings. The maximum atomic E-state index is 4.51. The maximum Gasteiger partial charge on any atom is 0.0249 e. The molecular formula is C41H56N2S2. The third-order valence-electron chi connectivity index (χ3n) is 8.71. The van der Waals surface area contributed by atoms with E-state index in [0.29, 0.717) is 5.92 Å². The molecule has 4 heteroatoms. The molecule has 0 radical (unpaired) electrons. The Hall–Kier alpha value is -2.40. The first kappa shape index (κ1) is 35.5. The van der Waals surface area contributed by atoms with Crippen LogP contribution in [0.4, 0.5) is 0 Å². The van der Waals surface area contributed by atoms with E-state index < -0.39 is 0 Å². The number of unbranched alkanes of at least 4 members (excludes halogenated alkanes) is 2. The largest absolute Gasteiger partial charge is 0.389 e. The number of fused-ring (bicyclic) bond motifs is 2. The summed E-state index contributed by atoms with van der Waals surface area (Å²) in [5, 5.41) is 9.21. The summed E-state index contributed by atoms with van der Waals surface area (Å²) in [6.45, 7) is 19.7. The molecule has 2 nitrogen and oxygen atoms in total. The second-order valence-electron chi connectivity index (χ2n) is 14.0. The highest BCUT2D eigenvalue weighted by atomic mass is 32.2. The van der Waals surface area contributed by atoms with Crippen molar-refractivity contribution in [3.05, 3.63) is 102 Å². The van der Waals surface area contributed by atoms with Gasteiger partial charge in [-0.05, 0) is 106 Å². The number of nitrogens with one attached hydrogen (secondary N) is 1. The number of benzene rings is 4. The monoisotopic (exact) mass is 640 g/mol. The van der Waals surface area contributed by atoms with Crippen molar-refractivity contribution in [1.29, 1.82) is 0 Å². The zero-order chi connectivity index (χ0) is 32.2. The average molecular weight is 641 g/mol. The van der Waals surface area contributed by atoms with Gasteiger partial charge in [0.25, 0.3) is 0 Å². The standard InChI is InChI=1S/C41H56N2S2/c1-7-34-35-18-10-12-20-37(35)39(38-21-13-11-19-36(34)38)29-43(25-16-8-15-24-42-32(3)27-41(4,5)6)28-33-17-9-14-22-40(33)45-26-23-31(2)30-44/h9-14,17-22,31,42,44H,3,7-8,15-16,23-30H2,1-2,4-6H3. The lowest BCUT2D eigenvalue weighted by atomic mass is 9.90. The quantitative estimate of drug-likeness (QED) is 0.0487. The van der Waals surface area contributed by atoms with E-state index in [2.05, 4.69) is 137 Å². The molecule has 0 heterocycles. The van der Waals surface area contributed by atoms with Gasteiger partial charge in [0, 0.05) is 30.2 Å². The second kappa shape index (κ2) is 17.5. The Balaban J connectivity index is 1.55. The molecule has 1 atom stereocenters. The summed E-state index contributed by atoms with van der Waals surface area (Å²) in [6.07, 6.45) is 6.82. The Morgan fingerprint density at radius 3 is 2.04 bits per heavy atom. The van der Waals surface area contributed by atoms with Gasteiger partial charge < -0.3 is 5.32 Å². The average Bonchev–Trinajstić information content (AvgIpc) is 3.02. The van der Waals surface area contributed by atoms with Crippen LogP contribution < -0.4 is 5.32 Å². The molecule has 0 aliphatic heterocycles. The molecule has 4 aromatic carbocycles. The fourth-order valence-corrected chi connectivity index (χ4v) is 7.80. The van der Waals surface area contributed by atoms with Crippen LogP contribution in [0.1, 0.15) is 83.4 Å². The predicted molar refractivity (Wildman–Crippen MR) is 205 cm³/mol. The molecule has 0 aromatic heterocycles. The number of aryl methyl sites for hydroxylation is 1. The van der Waals surface area contributed by atoms with Gasteiger partial charge in [-0.25, -0.2) is 0 Å². The molecule has 1 unspecified atom stereocenters. The molecule has 0 saturated heterocycles. The Morgan fingerprint density at radius 2 is 1.44 bits per heavy atom. The minimum Gasteiger partial charge on any atom is -0.389 e. The van der Waals surface area contributed by atoms with E-state index in [1.54, 1.807) is 0 Å². The zero-order valence-corrected chi connectivity index (χ0v) is 30.2. The first-order valence-electron chi connectivity index (χ1n) is 17.1. The maximum absolute atomic E-state index is 4.51. The summed E-state index contributed by atoms with van der Waals surface area (Å²) >= 11 is 6.52. The van der Waals surface area contributed by atoms with E-state index >= 15 is 0 Å². The number of allylic oxidation sites excluding steroid dienone is 1. The SMILES string of the molecule is C=C(CC(C)(C)C)NCCCCCN(Cc1ccccc1SCCC(C)CS)Cc1c2ccccc2c(CC)c2ccccc12. The van der Waals surface area contributed by atoms with Crippen molar-refractivity contribution >= 4 is 45.9 Å². The lowest BCUT2D eigenvalue weighted by Gasteiger charge is -2.26. The molecule has 0 saturated carbocycles. The highest BCUT2D eigenvalue weighted by Crippen LogP contribution is 2.35. The van der Waals surface area contributed by atoms with Crippen molar-refractivity contribution in [2.24, 2.45) is 11.3 Å². The lowest BCUT2D eigenvalue weighted by Crippen LogP contribution is -2.25. The van der Waals surface area contributed by atoms with Gasteiger partial charge in [-0.15, -0.1) is 11.8 Å². The number of hydrogen-bond acceptors (Lipinski definition) is 4. The van der Waals surface area contributed by atoms with Crippen molar-refractivity contribution < 1.29 is 0 Å². The van der Waals surface area contributed by atoms with Crippen LogP contribution in [0.25, 0.3) is 21.5 Å². The Labute approximate surface area is 283 Å². The van der Waals surface area contributed by atoms with Crippen molar-refractivity contribution in [2.75, 3.05) is 24.6 Å². The summed E-state index contributed by atoms with van der Waals surface area (Å²) in [5.41, 5.74) is 5.81. The molecule has 0 aliphatic carbocycles. The van der Waals surface area contributed by atoms with Crippen LogP contribution in [0.2, 0.25) is 0 Å². The first-order valence-corrected chi connectivity index (χ1v) is 18.7. The molecule has 4 rings (SSSR count). The van der Waals surface area contributed by atoms with Gasteiger partial charge in [0.2, 0.25) is 0 Å². The third-order valence-corrected chi connectivity index (χ3v) is 10.5. The highest BCUT2D eigenvalue weighted by Gasteiger charge is 2.17. The summed E-state index contributed by atoms with van der Waals surface area (Å²) in [5.74, 6) is 2.74. The van der Waals surface area contributed by atoms with Crippen LogP contribution in [0.5, 0.6) is 0 Å². The van der Waals surface area contributed by atoms with E-state index in [1.165, 1.54) is 68.8 Å². The fraction of sp³-hybridized carbons (Fsp3) is 0.463. The molecule has 0 aliphatic rings. The third kappa shape index (κ3) is 10.6. The Morgan fingerprint density at radius 1 is 0.844 bits per heavy atom. The smallest absolute Gasteiger partial charge is 0.0249 e. The minimum atomic E-state index is 0.272. The summed E-state index contributed by atoms with van der Waals surface area (Å²) in [6, 6.07) is 27.2. The molecule has 0 spiro atoms. The first-order chi connectivity index (χ1) is 21.7. The van der Waals surface area contributed by atoms with Crippen molar-refractivity contribution in [2.45, 2.75) is 91.1 Å². The van der Waals surface area contributed by atoms with E-state index in [4.69, 9.17) is 0 Å². The molecule has 242 valence electrons. The number of rotatable bonds is 18. The van der Waals surface area contributed by atoms with E-state index in [1.807, 2.05) is 11.8 Å². The second-order valence-corrected chi connectivity index (χ2v) is 15.5. The van der Waals surface area contributed by atoms with Crippen LogP contribution in [0.3, 0.4) is 0 Å². The van der Waals surface area contributed by atoms with Crippen LogP contribution in [0, 0.1) is 11.3 Å². The number of thiol groups is 1. The lowest BCUT2D eigenvalue weighted by molar-refractivity contribution is 0.250. The van der Waals surface area contributed by atoms with Gasteiger partial charge in [0.05, 0.1) is 0 Å². The topological polar surface area (TPSA) is 15.3 Å². The Kier molecular flexibility index (Phi) is 13.8. The van der Waals surface area contributed by atoms with E-state index in [0.717, 1.165) is 56.2 Å². The summed E-state index contributed by atoms with van der Waals surface area (Å²) in [7, 11) is 0.